The van der Waals surface area contributed by atoms with Crippen LogP contribution in [0.5, 0.6) is 0 Å². The summed E-state index contributed by atoms with van der Waals surface area (Å²) in [5, 5.41) is 12.5. The molecule has 0 bridgehead atoms. The summed E-state index contributed by atoms with van der Waals surface area (Å²) in [6.45, 7) is 5.90. The van der Waals surface area contributed by atoms with Crippen molar-refractivity contribution in [2.75, 3.05) is 5.32 Å². The topological polar surface area (TPSA) is 68.0 Å². The molecule has 168 valence electrons. The molecule has 1 atom stereocenters. The number of anilines is 1. The van der Waals surface area contributed by atoms with Crippen LogP contribution in [0.1, 0.15) is 29.7 Å². The lowest BCUT2D eigenvalue weighted by Gasteiger charge is -2.20. The van der Waals surface area contributed by atoms with Crippen molar-refractivity contribution in [2.45, 2.75) is 26.8 Å². The number of nitrogens with zero attached hydrogens (tertiary/aromatic N) is 2. The third kappa shape index (κ3) is 3.97. The quantitative estimate of drug-likeness (QED) is 0.324. The summed E-state index contributed by atoms with van der Waals surface area (Å²) < 4.78 is 6.46. The van der Waals surface area contributed by atoms with Gasteiger partial charge in [0.15, 0.2) is 5.43 Å². The van der Waals surface area contributed by atoms with Crippen LogP contribution in [-0.4, -0.2) is 10.2 Å². The van der Waals surface area contributed by atoms with E-state index in [9.17, 15) is 4.79 Å². The van der Waals surface area contributed by atoms with Crippen LogP contribution in [-0.2, 0) is 0 Å². The Balaban J connectivity index is 1.64. The zero-order valence-electron chi connectivity index (χ0n) is 19.4. The van der Waals surface area contributed by atoms with Crippen LogP contribution in [0.2, 0.25) is 0 Å². The number of fused-ring (bicyclic) bond motifs is 1. The first-order valence-corrected chi connectivity index (χ1v) is 11.3. The van der Waals surface area contributed by atoms with Gasteiger partial charge in [-0.25, -0.2) is 0 Å². The van der Waals surface area contributed by atoms with E-state index in [2.05, 4.69) is 28.5 Å². The maximum atomic E-state index is 13.4. The summed E-state index contributed by atoms with van der Waals surface area (Å²) >= 11 is 0. The Hall–Kier alpha value is -4.25. The van der Waals surface area contributed by atoms with E-state index in [1.807, 2.05) is 86.6 Å². The molecule has 3 aromatic carbocycles. The van der Waals surface area contributed by atoms with E-state index in [-0.39, 0.29) is 11.5 Å². The highest BCUT2D eigenvalue weighted by Crippen LogP contribution is 2.34. The lowest BCUT2D eigenvalue weighted by molar-refractivity contribution is 0.605. The number of benzene rings is 3. The van der Waals surface area contributed by atoms with Crippen LogP contribution < -0.4 is 10.7 Å². The van der Waals surface area contributed by atoms with Gasteiger partial charge in [-0.2, -0.15) is 10.2 Å². The van der Waals surface area contributed by atoms with Crippen molar-refractivity contribution in [2.24, 2.45) is 0 Å². The molecular weight excluding hydrogens is 422 g/mol. The molecule has 5 rings (SSSR count). The Bertz CT molecular complexity index is 1530. The Morgan fingerprint density at radius 1 is 0.912 bits per heavy atom. The van der Waals surface area contributed by atoms with Gasteiger partial charge in [-0.05, 0) is 50.6 Å². The molecule has 1 N–H and O–H groups in total. The lowest BCUT2D eigenvalue weighted by atomic mass is 9.98. The molecule has 0 aliphatic carbocycles. The highest BCUT2D eigenvalue weighted by Gasteiger charge is 2.19. The van der Waals surface area contributed by atoms with Gasteiger partial charge in [0, 0.05) is 34.1 Å². The molecule has 0 aliphatic heterocycles. The van der Waals surface area contributed by atoms with Crippen molar-refractivity contribution in [1.82, 2.24) is 10.2 Å². The summed E-state index contributed by atoms with van der Waals surface area (Å²) in [6, 6.07) is 25.5. The number of rotatable bonds is 5. The smallest absolute Gasteiger partial charge is 0.196 e. The molecule has 0 unspecified atom stereocenters. The van der Waals surface area contributed by atoms with Gasteiger partial charge in [0.05, 0.1) is 17.1 Å². The second kappa shape index (κ2) is 8.94. The maximum absolute atomic E-state index is 13.4. The molecule has 5 aromatic rings. The van der Waals surface area contributed by atoms with Gasteiger partial charge in [0.1, 0.15) is 11.3 Å². The second-order valence-electron chi connectivity index (χ2n) is 8.50. The summed E-state index contributed by atoms with van der Waals surface area (Å²) in [6.07, 6.45) is 1.66. The largest absolute Gasteiger partial charge is 0.455 e. The van der Waals surface area contributed by atoms with E-state index < -0.39 is 0 Å². The van der Waals surface area contributed by atoms with Gasteiger partial charge in [-0.15, -0.1) is 0 Å². The average Bonchev–Trinajstić information content (AvgIpc) is 2.87. The number of aromatic nitrogens is 2. The highest BCUT2D eigenvalue weighted by atomic mass is 16.3. The minimum Gasteiger partial charge on any atom is -0.455 e. The van der Waals surface area contributed by atoms with Crippen LogP contribution in [0.3, 0.4) is 0 Å². The monoisotopic (exact) mass is 447 g/mol. The molecular formula is C29H25N3O2. The third-order valence-corrected chi connectivity index (χ3v) is 6.04. The van der Waals surface area contributed by atoms with Crippen LogP contribution in [0.15, 0.2) is 94.3 Å². The van der Waals surface area contributed by atoms with Crippen molar-refractivity contribution >= 4 is 16.7 Å². The normalized spacial score (nSPS) is 12.0. The van der Waals surface area contributed by atoms with Gasteiger partial charge >= 0.3 is 0 Å². The Labute approximate surface area is 198 Å². The van der Waals surface area contributed by atoms with Gasteiger partial charge in [-0.3, -0.25) is 4.79 Å². The van der Waals surface area contributed by atoms with Crippen molar-refractivity contribution in [3.8, 4) is 22.6 Å². The first kappa shape index (κ1) is 21.6. The number of para-hydroxylation sites is 1. The number of aryl methyl sites for hydroxylation is 1. The van der Waals surface area contributed by atoms with Gasteiger partial charge in [-0.1, -0.05) is 54.6 Å². The summed E-state index contributed by atoms with van der Waals surface area (Å²) in [4.78, 5) is 13.4. The fourth-order valence-electron chi connectivity index (χ4n) is 4.34. The highest BCUT2D eigenvalue weighted by molar-refractivity contribution is 5.85. The molecule has 0 spiro atoms. The number of hydrogen-bond acceptors (Lipinski definition) is 5. The van der Waals surface area contributed by atoms with E-state index >= 15 is 0 Å². The van der Waals surface area contributed by atoms with Gasteiger partial charge < -0.3 is 9.73 Å². The van der Waals surface area contributed by atoms with E-state index in [0.717, 1.165) is 33.6 Å². The Morgan fingerprint density at radius 3 is 2.44 bits per heavy atom. The van der Waals surface area contributed by atoms with Gasteiger partial charge in [0.25, 0.3) is 0 Å². The first-order chi connectivity index (χ1) is 16.5. The number of hydrogen-bond donors (Lipinski definition) is 1. The molecule has 0 saturated carbocycles. The maximum Gasteiger partial charge on any atom is 0.196 e. The fourth-order valence-corrected chi connectivity index (χ4v) is 4.34. The Morgan fingerprint density at radius 2 is 1.68 bits per heavy atom. The van der Waals surface area contributed by atoms with Crippen molar-refractivity contribution in [3.05, 3.63) is 112 Å². The predicted octanol–water partition coefficient (Wildman–Crippen LogP) is 6.71. The fraction of sp³-hybridized carbons (Fsp3) is 0.138. The van der Waals surface area contributed by atoms with Crippen molar-refractivity contribution in [3.63, 3.8) is 0 Å². The standard InChI is InChI=1S/C29H25N3O2/c1-18-16-23(20(3)31-25-13-8-7-12-22(25)26-14-9-15-30-32-26)29-24(17-18)27(33)19(2)28(34-29)21-10-5-4-6-11-21/h4-17,20,31H,1-3H3/t20-/m1/s1. The van der Waals surface area contributed by atoms with Crippen LogP contribution in [0.4, 0.5) is 5.69 Å². The molecule has 0 fully saturated rings. The molecule has 5 heteroatoms. The van der Waals surface area contributed by atoms with Gasteiger partial charge in [0.2, 0.25) is 0 Å². The first-order valence-electron chi connectivity index (χ1n) is 11.3. The molecule has 0 amide bonds. The van der Waals surface area contributed by atoms with E-state index in [0.29, 0.717) is 22.3 Å². The molecule has 5 nitrogen and oxygen atoms in total. The van der Waals surface area contributed by atoms with Crippen LogP contribution in [0.25, 0.3) is 33.6 Å². The molecule has 2 heterocycles. The average molecular weight is 448 g/mol. The zero-order chi connectivity index (χ0) is 23.7. The Kier molecular flexibility index (Phi) is 5.68. The molecule has 0 radical (unpaired) electrons. The molecule has 0 saturated heterocycles. The zero-order valence-corrected chi connectivity index (χ0v) is 19.4. The van der Waals surface area contributed by atoms with E-state index in [1.165, 1.54) is 0 Å². The van der Waals surface area contributed by atoms with Crippen molar-refractivity contribution in [1.29, 1.82) is 0 Å². The summed E-state index contributed by atoms with van der Waals surface area (Å²) in [5.41, 5.74) is 6.73. The van der Waals surface area contributed by atoms with Crippen LogP contribution in [0, 0.1) is 13.8 Å². The molecule has 0 aliphatic rings. The second-order valence-corrected chi connectivity index (χ2v) is 8.50. The summed E-state index contributed by atoms with van der Waals surface area (Å²) in [5.74, 6) is 0.607. The van der Waals surface area contributed by atoms with E-state index in [4.69, 9.17) is 4.42 Å². The summed E-state index contributed by atoms with van der Waals surface area (Å²) in [7, 11) is 0. The minimum absolute atomic E-state index is 0.00258. The van der Waals surface area contributed by atoms with Crippen LogP contribution >= 0.6 is 0 Å². The van der Waals surface area contributed by atoms with Crippen molar-refractivity contribution < 1.29 is 4.42 Å². The predicted molar refractivity (Wildman–Crippen MR) is 137 cm³/mol. The minimum atomic E-state index is -0.130. The molecule has 34 heavy (non-hydrogen) atoms. The molecule has 2 aromatic heterocycles. The lowest BCUT2D eigenvalue weighted by Crippen LogP contribution is -2.13. The van der Waals surface area contributed by atoms with E-state index in [1.54, 1.807) is 6.20 Å². The SMILES string of the molecule is Cc1cc([C@@H](C)Nc2ccccc2-c2cccnn2)c2oc(-c3ccccc3)c(C)c(=O)c2c1. The number of nitrogens with one attached hydrogen (secondary N) is 1. The third-order valence-electron chi connectivity index (χ3n) is 6.04.